The van der Waals surface area contributed by atoms with Crippen LogP contribution in [-0.4, -0.2) is 36.6 Å². The van der Waals surface area contributed by atoms with Gasteiger partial charge in [0.2, 0.25) is 0 Å². The number of nitrogens with zero attached hydrogens (tertiary/aromatic N) is 1. The molecule has 0 amide bonds. The molecular weight excluding hydrogens is 298 g/mol. The Labute approximate surface area is 151 Å². The van der Waals surface area contributed by atoms with Crippen LogP contribution in [0.2, 0.25) is 0 Å². The quantitative estimate of drug-likeness (QED) is 0.360. The summed E-state index contributed by atoms with van der Waals surface area (Å²) in [5.74, 6) is -1.09. The zero-order valence-corrected chi connectivity index (χ0v) is 17.3. The maximum absolute atomic E-state index is 9.75. The Morgan fingerprint density at radius 3 is 1.21 bits per heavy atom. The molecule has 0 heterocycles. The summed E-state index contributed by atoms with van der Waals surface area (Å²) in [5.41, 5.74) is 0.278. The molecule has 0 aromatic heterocycles. The minimum Gasteiger partial charge on any atom is -0.545 e. The van der Waals surface area contributed by atoms with Crippen molar-refractivity contribution < 1.29 is 14.4 Å². The van der Waals surface area contributed by atoms with Crippen LogP contribution >= 0.6 is 0 Å². The molecule has 0 fully saturated rings. The molecule has 3 nitrogen and oxygen atoms in total. The standard InChI is InChI=1S/C16H36N.C5H8O2/c1-5-9-13-17(14-10-6-2,15-11-7-3)16-12-8-4;1-3-4(2)5(6)7/h5-16H2,1-4H3;3H,1-2H3,(H,6,7)/q+1;/p-1/b;4-3+. The van der Waals surface area contributed by atoms with E-state index in [4.69, 9.17) is 0 Å². The minimum absolute atomic E-state index is 0.278. The Hall–Kier alpha value is -0.830. The summed E-state index contributed by atoms with van der Waals surface area (Å²) in [6.45, 7) is 18.2. The number of carbonyl (C=O) groups is 1. The molecule has 0 rings (SSSR count). The number of carbonyl (C=O) groups excluding carboxylic acids is 1. The Balaban J connectivity index is 0. The summed E-state index contributed by atoms with van der Waals surface area (Å²) in [6.07, 6.45) is 12.6. The number of unbranched alkanes of at least 4 members (excludes halogenated alkanes) is 4. The van der Waals surface area contributed by atoms with Gasteiger partial charge >= 0.3 is 0 Å². The lowest BCUT2D eigenvalue weighted by molar-refractivity contribution is -0.929. The fraction of sp³-hybridized carbons (Fsp3) is 0.857. The highest BCUT2D eigenvalue weighted by Gasteiger charge is 2.24. The molecule has 0 saturated heterocycles. The lowest BCUT2D eigenvalue weighted by atomic mass is 10.1. The van der Waals surface area contributed by atoms with Crippen molar-refractivity contribution in [3.8, 4) is 0 Å². The van der Waals surface area contributed by atoms with Crippen LogP contribution in [-0.2, 0) is 4.79 Å². The molecule has 0 aliphatic heterocycles. The fourth-order valence-corrected chi connectivity index (χ4v) is 2.76. The van der Waals surface area contributed by atoms with Crippen LogP contribution in [0.15, 0.2) is 11.6 Å². The maximum Gasteiger partial charge on any atom is 0.0786 e. The van der Waals surface area contributed by atoms with Gasteiger partial charge in [-0.25, -0.2) is 0 Å². The highest BCUT2D eigenvalue weighted by Crippen LogP contribution is 2.16. The van der Waals surface area contributed by atoms with E-state index >= 15 is 0 Å². The number of hydrogen-bond acceptors (Lipinski definition) is 2. The molecule has 24 heavy (non-hydrogen) atoms. The van der Waals surface area contributed by atoms with Gasteiger partial charge in [-0.05, 0) is 45.1 Å². The lowest BCUT2D eigenvalue weighted by Crippen LogP contribution is -2.50. The van der Waals surface area contributed by atoms with Crippen LogP contribution in [0.4, 0.5) is 0 Å². The lowest BCUT2D eigenvalue weighted by Gasteiger charge is -2.39. The molecule has 144 valence electrons. The second-order valence-electron chi connectivity index (χ2n) is 6.91. The Morgan fingerprint density at radius 2 is 1.08 bits per heavy atom. The number of hydrogen-bond donors (Lipinski definition) is 0. The van der Waals surface area contributed by atoms with Gasteiger partial charge in [0.05, 0.1) is 32.1 Å². The van der Waals surface area contributed by atoms with Gasteiger partial charge in [-0.15, -0.1) is 0 Å². The van der Waals surface area contributed by atoms with E-state index in [0.29, 0.717) is 0 Å². The van der Waals surface area contributed by atoms with Crippen molar-refractivity contribution in [2.24, 2.45) is 0 Å². The largest absolute Gasteiger partial charge is 0.545 e. The molecule has 0 radical (unpaired) electrons. The third-order valence-corrected chi connectivity index (χ3v) is 4.70. The Bertz CT molecular complexity index is 286. The first-order valence-electron chi connectivity index (χ1n) is 10.1. The molecule has 0 aromatic rings. The first kappa shape index (κ1) is 25.4. The molecule has 3 heteroatoms. The molecule has 0 unspecified atom stereocenters. The monoisotopic (exact) mass is 341 g/mol. The van der Waals surface area contributed by atoms with Gasteiger partial charge < -0.3 is 14.4 Å². The molecular formula is C21H43NO2. The SMILES string of the molecule is C/C=C(\C)C(=O)[O-].CCCC[N+](CCCC)(CCCC)CCCC. The topological polar surface area (TPSA) is 40.1 Å². The van der Waals surface area contributed by atoms with Gasteiger partial charge in [-0.1, -0.05) is 59.5 Å². The Morgan fingerprint density at radius 1 is 0.792 bits per heavy atom. The summed E-state index contributed by atoms with van der Waals surface area (Å²) in [6, 6.07) is 0. The molecule has 0 aromatic carbocycles. The molecule has 0 aliphatic rings. The first-order valence-corrected chi connectivity index (χ1v) is 10.1. The molecule has 0 spiro atoms. The van der Waals surface area contributed by atoms with E-state index in [-0.39, 0.29) is 5.57 Å². The number of carboxylic acids is 1. The van der Waals surface area contributed by atoms with Crippen molar-refractivity contribution in [1.29, 1.82) is 0 Å². The maximum atomic E-state index is 9.75. The van der Waals surface area contributed by atoms with Crippen molar-refractivity contribution in [2.75, 3.05) is 26.2 Å². The minimum atomic E-state index is -1.09. The van der Waals surface area contributed by atoms with E-state index in [9.17, 15) is 9.90 Å². The fourth-order valence-electron chi connectivity index (χ4n) is 2.76. The number of aliphatic carboxylic acids is 1. The second-order valence-corrected chi connectivity index (χ2v) is 6.91. The van der Waals surface area contributed by atoms with Crippen LogP contribution in [0.5, 0.6) is 0 Å². The predicted molar refractivity (Wildman–Crippen MR) is 104 cm³/mol. The number of rotatable bonds is 13. The third kappa shape index (κ3) is 13.6. The zero-order chi connectivity index (χ0) is 18.8. The van der Waals surface area contributed by atoms with Gasteiger partial charge in [-0.2, -0.15) is 0 Å². The molecule has 0 atom stereocenters. The van der Waals surface area contributed by atoms with Crippen molar-refractivity contribution in [3.05, 3.63) is 11.6 Å². The van der Waals surface area contributed by atoms with E-state index < -0.39 is 5.97 Å². The highest BCUT2D eigenvalue weighted by atomic mass is 16.4. The summed E-state index contributed by atoms with van der Waals surface area (Å²) in [7, 11) is 0. The Kier molecular flexibility index (Phi) is 18.0. The summed E-state index contributed by atoms with van der Waals surface area (Å²) in [4.78, 5) is 9.75. The van der Waals surface area contributed by atoms with Crippen LogP contribution in [0.1, 0.15) is 92.9 Å². The molecule has 0 bridgehead atoms. The van der Waals surface area contributed by atoms with E-state index in [1.54, 1.807) is 6.92 Å². The van der Waals surface area contributed by atoms with Gasteiger partial charge in [0, 0.05) is 0 Å². The smallest absolute Gasteiger partial charge is 0.0786 e. The first-order chi connectivity index (χ1) is 11.4. The van der Waals surface area contributed by atoms with E-state index in [1.165, 1.54) is 95.0 Å². The van der Waals surface area contributed by atoms with Gasteiger partial charge in [0.1, 0.15) is 0 Å². The van der Waals surface area contributed by atoms with Gasteiger partial charge in [0.15, 0.2) is 0 Å². The van der Waals surface area contributed by atoms with Gasteiger partial charge in [-0.3, -0.25) is 0 Å². The van der Waals surface area contributed by atoms with Crippen LogP contribution in [0.3, 0.4) is 0 Å². The van der Waals surface area contributed by atoms with Crippen molar-refractivity contribution >= 4 is 5.97 Å². The highest BCUT2D eigenvalue weighted by molar-refractivity contribution is 5.83. The normalized spacial score (nSPS) is 11.8. The van der Waals surface area contributed by atoms with Crippen molar-refractivity contribution in [2.45, 2.75) is 92.9 Å². The summed E-state index contributed by atoms with van der Waals surface area (Å²) < 4.78 is 1.42. The zero-order valence-electron chi connectivity index (χ0n) is 17.3. The second kappa shape index (κ2) is 17.0. The van der Waals surface area contributed by atoms with Gasteiger partial charge in [0.25, 0.3) is 0 Å². The average Bonchev–Trinajstić information content (AvgIpc) is 2.60. The third-order valence-electron chi connectivity index (χ3n) is 4.70. The summed E-state index contributed by atoms with van der Waals surface area (Å²) in [5, 5.41) is 9.75. The predicted octanol–water partition coefficient (Wildman–Crippen LogP) is 4.71. The van der Waals surface area contributed by atoms with Crippen LogP contribution in [0.25, 0.3) is 0 Å². The summed E-state index contributed by atoms with van der Waals surface area (Å²) >= 11 is 0. The van der Waals surface area contributed by atoms with Crippen LogP contribution < -0.4 is 5.11 Å². The molecule has 0 N–H and O–H groups in total. The van der Waals surface area contributed by atoms with E-state index in [1.807, 2.05) is 0 Å². The average molecular weight is 342 g/mol. The number of allylic oxidation sites excluding steroid dienone is 1. The van der Waals surface area contributed by atoms with Crippen molar-refractivity contribution in [1.82, 2.24) is 0 Å². The molecule has 0 saturated carbocycles. The van der Waals surface area contributed by atoms with E-state index in [0.717, 1.165) is 0 Å². The van der Waals surface area contributed by atoms with Crippen molar-refractivity contribution in [3.63, 3.8) is 0 Å². The molecule has 0 aliphatic carbocycles. The van der Waals surface area contributed by atoms with E-state index in [2.05, 4.69) is 27.7 Å². The number of carboxylic acid groups (broad SMARTS) is 1. The van der Waals surface area contributed by atoms with Crippen LogP contribution in [0, 0.1) is 0 Å². The number of quaternary nitrogens is 1.